The molecule has 1 aromatic heterocycles. The molecule has 0 atom stereocenters. The third kappa shape index (κ3) is 2.47. The number of furan rings is 1. The van der Waals surface area contributed by atoms with Gasteiger partial charge in [-0.3, -0.25) is 4.99 Å². The summed E-state index contributed by atoms with van der Waals surface area (Å²) in [4.78, 5) is 4.37. The third-order valence-corrected chi connectivity index (χ3v) is 2.43. The first-order chi connectivity index (χ1) is 8.10. The minimum atomic E-state index is 0.163. The topological polar surface area (TPSA) is 63.5 Å². The molecular formula is C13H17N3O. The lowest BCUT2D eigenvalue weighted by Crippen LogP contribution is -2.31. The number of rotatable bonds is 2. The molecule has 3 N–H and O–H groups in total. The van der Waals surface area contributed by atoms with Crippen LogP contribution in [0.4, 0.5) is 0 Å². The summed E-state index contributed by atoms with van der Waals surface area (Å²) >= 11 is 0. The van der Waals surface area contributed by atoms with Gasteiger partial charge in [0.2, 0.25) is 0 Å². The average molecular weight is 231 g/mol. The van der Waals surface area contributed by atoms with Gasteiger partial charge in [0.15, 0.2) is 11.6 Å². The van der Waals surface area contributed by atoms with Crippen LogP contribution in [0.25, 0.3) is 11.0 Å². The molecule has 0 aliphatic rings. The van der Waals surface area contributed by atoms with Crippen molar-refractivity contribution in [3.05, 3.63) is 35.6 Å². The molecule has 2 aromatic rings. The summed E-state index contributed by atoms with van der Waals surface area (Å²) in [5.74, 6) is 6.71. The van der Waals surface area contributed by atoms with Crippen LogP contribution in [0, 0.1) is 6.92 Å². The van der Waals surface area contributed by atoms with Gasteiger partial charge in [-0.2, -0.15) is 0 Å². The van der Waals surface area contributed by atoms with E-state index in [1.807, 2.05) is 32.0 Å². The highest BCUT2D eigenvalue weighted by molar-refractivity contribution is 5.99. The van der Waals surface area contributed by atoms with Crippen molar-refractivity contribution in [3.63, 3.8) is 0 Å². The van der Waals surface area contributed by atoms with Crippen LogP contribution in [-0.2, 0) is 0 Å². The summed E-state index contributed by atoms with van der Waals surface area (Å²) in [7, 11) is 0. The van der Waals surface area contributed by atoms with Crippen molar-refractivity contribution in [1.82, 2.24) is 5.43 Å². The Balaban J connectivity index is 2.48. The monoisotopic (exact) mass is 231 g/mol. The maximum absolute atomic E-state index is 5.70. The van der Waals surface area contributed by atoms with Gasteiger partial charge < -0.3 is 9.84 Å². The number of hydrazine groups is 1. The molecule has 0 aliphatic carbocycles. The Morgan fingerprint density at radius 2 is 2.12 bits per heavy atom. The van der Waals surface area contributed by atoms with E-state index >= 15 is 0 Å². The van der Waals surface area contributed by atoms with E-state index in [1.165, 1.54) is 5.56 Å². The van der Waals surface area contributed by atoms with Crippen molar-refractivity contribution < 1.29 is 4.42 Å². The van der Waals surface area contributed by atoms with Crippen molar-refractivity contribution in [2.45, 2.75) is 26.8 Å². The predicted molar refractivity (Wildman–Crippen MR) is 69.9 cm³/mol. The summed E-state index contributed by atoms with van der Waals surface area (Å²) in [6, 6.07) is 8.16. The van der Waals surface area contributed by atoms with Gasteiger partial charge in [-0.25, -0.2) is 5.84 Å². The number of nitrogens with zero attached hydrogens (tertiary/aromatic N) is 1. The van der Waals surface area contributed by atoms with Crippen LogP contribution >= 0.6 is 0 Å². The summed E-state index contributed by atoms with van der Waals surface area (Å²) in [5.41, 5.74) is 4.63. The SMILES string of the molecule is Cc1ccc2oc(C(=NC(C)C)NN)cc2c1. The van der Waals surface area contributed by atoms with Crippen molar-refractivity contribution >= 4 is 16.8 Å². The van der Waals surface area contributed by atoms with Gasteiger partial charge in [0, 0.05) is 11.4 Å². The molecule has 1 heterocycles. The molecule has 2 rings (SSSR count). The van der Waals surface area contributed by atoms with Crippen LogP contribution in [0.3, 0.4) is 0 Å². The van der Waals surface area contributed by atoms with E-state index in [1.54, 1.807) is 0 Å². The predicted octanol–water partition coefficient (Wildman–Crippen LogP) is 2.36. The van der Waals surface area contributed by atoms with E-state index in [2.05, 4.69) is 23.4 Å². The van der Waals surface area contributed by atoms with Crippen LogP contribution in [0.2, 0.25) is 0 Å². The number of benzene rings is 1. The second-order valence-electron chi connectivity index (χ2n) is 4.37. The Kier molecular flexibility index (Phi) is 3.15. The first kappa shape index (κ1) is 11.7. The lowest BCUT2D eigenvalue weighted by Gasteiger charge is -2.03. The molecule has 0 spiro atoms. The second kappa shape index (κ2) is 4.59. The van der Waals surface area contributed by atoms with Crippen LogP contribution in [0.15, 0.2) is 33.7 Å². The maximum atomic E-state index is 5.70. The fourth-order valence-electron chi connectivity index (χ4n) is 1.71. The highest BCUT2D eigenvalue weighted by Gasteiger charge is 2.09. The fraction of sp³-hybridized carbons (Fsp3) is 0.308. The molecule has 0 bridgehead atoms. The summed E-state index contributed by atoms with van der Waals surface area (Å²) < 4.78 is 5.70. The van der Waals surface area contributed by atoms with Gasteiger partial charge in [-0.1, -0.05) is 11.6 Å². The van der Waals surface area contributed by atoms with Crippen molar-refractivity contribution in [3.8, 4) is 0 Å². The molecule has 0 radical (unpaired) electrons. The number of aryl methyl sites for hydroxylation is 1. The van der Waals surface area contributed by atoms with E-state index in [4.69, 9.17) is 10.3 Å². The zero-order valence-corrected chi connectivity index (χ0v) is 10.3. The number of hydrogen-bond acceptors (Lipinski definition) is 3. The molecule has 0 unspecified atom stereocenters. The molecule has 17 heavy (non-hydrogen) atoms. The minimum absolute atomic E-state index is 0.163. The minimum Gasteiger partial charge on any atom is -0.453 e. The highest BCUT2D eigenvalue weighted by Crippen LogP contribution is 2.20. The number of amidine groups is 1. The van der Waals surface area contributed by atoms with Gasteiger partial charge in [-0.15, -0.1) is 0 Å². The number of hydrogen-bond donors (Lipinski definition) is 2. The smallest absolute Gasteiger partial charge is 0.179 e. The van der Waals surface area contributed by atoms with E-state index < -0.39 is 0 Å². The third-order valence-electron chi connectivity index (χ3n) is 2.43. The standard InChI is InChI=1S/C13H17N3O/c1-8(2)15-13(16-14)12-7-10-6-9(3)4-5-11(10)17-12/h4-8H,14H2,1-3H3,(H,15,16). The van der Waals surface area contributed by atoms with E-state index in [-0.39, 0.29) is 6.04 Å². The van der Waals surface area contributed by atoms with Crippen LogP contribution in [0.5, 0.6) is 0 Å². The molecular weight excluding hydrogens is 214 g/mol. The van der Waals surface area contributed by atoms with E-state index in [9.17, 15) is 0 Å². The molecule has 0 saturated carbocycles. The number of nitrogens with two attached hydrogens (primary N) is 1. The number of nitrogens with one attached hydrogen (secondary N) is 1. The van der Waals surface area contributed by atoms with Crippen LogP contribution in [0.1, 0.15) is 25.2 Å². The quantitative estimate of drug-likeness (QED) is 0.361. The number of aliphatic imine (C=N–C) groups is 1. The Hall–Kier alpha value is -1.81. The average Bonchev–Trinajstić information content (AvgIpc) is 2.68. The molecule has 0 amide bonds. The lowest BCUT2D eigenvalue weighted by molar-refractivity contribution is 0.597. The Morgan fingerprint density at radius 1 is 1.35 bits per heavy atom. The maximum Gasteiger partial charge on any atom is 0.179 e. The van der Waals surface area contributed by atoms with E-state index in [0.717, 1.165) is 11.0 Å². The molecule has 4 nitrogen and oxygen atoms in total. The van der Waals surface area contributed by atoms with Crippen molar-refractivity contribution in [2.75, 3.05) is 0 Å². The van der Waals surface area contributed by atoms with Crippen molar-refractivity contribution in [2.24, 2.45) is 10.8 Å². The summed E-state index contributed by atoms with van der Waals surface area (Å²) in [6.07, 6.45) is 0. The Morgan fingerprint density at radius 3 is 2.76 bits per heavy atom. The second-order valence-corrected chi connectivity index (χ2v) is 4.37. The first-order valence-electron chi connectivity index (χ1n) is 5.65. The van der Waals surface area contributed by atoms with Gasteiger partial charge in [-0.05, 0) is 39.0 Å². The molecule has 0 saturated heterocycles. The van der Waals surface area contributed by atoms with Crippen LogP contribution in [-0.4, -0.2) is 11.9 Å². The molecule has 4 heteroatoms. The van der Waals surface area contributed by atoms with Gasteiger partial charge in [0.05, 0.1) is 0 Å². The fourth-order valence-corrected chi connectivity index (χ4v) is 1.71. The normalized spacial score (nSPS) is 12.4. The highest BCUT2D eigenvalue weighted by atomic mass is 16.3. The zero-order chi connectivity index (χ0) is 12.4. The van der Waals surface area contributed by atoms with Gasteiger partial charge >= 0.3 is 0 Å². The number of fused-ring (bicyclic) bond motifs is 1. The Bertz CT molecular complexity index is 555. The molecule has 0 fully saturated rings. The molecule has 90 valence electrons. The molecule has 0 aliphatic heterocycles. The molecule has 1 aromatic carbocycles. The van der Waals surface area contributed by atoms with Crippen molar-refractivity contribution in [1.29, 1.82) is 0 Å². The van der Waals surface area contributed by atoms with Gasteiger partial charge in [0.1, 0.15) is 5.58 Å². The first-order valence-corrected chi connectivity index (χ1v) is 5.65. The van der Waals surface area contributed by atoms with Crippen LogP contribution < -0.4 is 11.3 Å². The largest absolute Gasteiger partial charge is 0.453 e. The van der Waals surface area contributed by atoms with E-state index in [0.29, 0.717) is 11.6 Å². The zero-order valence-electron chi connectivity index (χ0n) is 10.3. The summed E-state index contributed by atoms with van der Waals surface area (Å²) in [5, 5.41) is 1.06. The Labute approximate surface area is 100 Å². The lowest BCUT2D eigenvalue weighted by atomic mass is 10.2. The summed E-state index contributed by atoms with van der Waals surface area (Å²) in [6.45, 7) is 6.03. The van der Waals surface area contributed by atoms with Gasteiger partial charge in [0.25, 0.3) is 0 Å².